The van der Waals surface area contributed by atoms with Crippen molar-refractivity contribution in [2.45, 2.75) is 58.9 Å². The minimum Gasteiger partial charge on any atom is -0.507 e. The van der Waals surface area contributed by atoms with E-state index in [4.69, 9.17) is 0 Å². The quantitative estimate of drug-likeness (QED) is 0.757. The maximum absolute atomic E-state index is 12.9. The third-order valence-corrected chi connectivity index (χ3v) is 7.05. The van der Waals surface area contributed by atoms with Crippen LogP contribution in [0.1, 0.15) is 52.0 Å². The van der Waals surface area contributed by atoms with Gasteiger partial charge in [0.2, 0.25) is 5.91 Å². The molecule has 0 spiro atoms. The van der Waals surface area contributed by atoms with E-state index in [0.29, 0.717) is 22.4 Å². The zero-order valence-corrected chi connectivity index (χ0v) is 18.5. The Kier molecular flexibility index (Phi) is 6.52. The SMILES string of the molecule is C[C@H](Cc1ccc(O)c(Br)c1)C(=O)N1CCC(N2CCC(C)(C)CC2)CC1. The predicted molar refractivity (Wildman–Crippen MR) is 113 cm³/mol. The van der Waals surface area contributed by atoms with Crippen molar-refractivity contribution in [1.29, 1.82) is 0 Å². The van der Waals surface area contributed by atoms with Crippen molar-refractivity contribution in [2.24, 2.45) is 11.3 Å². The summed E-state index contributed by atoms with van der Waals surface area (Å²) in [6.45, 7) is 10.9. The second-order valence-electron chi connectivity index (χ2n) is 9.15. The summed E-state index contributed by atoms with van der Waals surface area (Å²) < 4.78 is 0.685. The number of phenols is 1. The van der Waals surface area contributed by atoms with Gasteiger partial charge >= 0.3 is 0 Å². The number of amides is 1. The van der Waals surface area contributed by atoms with Gasteiger partial charge in [-0.15, -0.1) is 0 Å². The Bertz CT molecular complexity index is 658. The molecule has 1 atom stereocenters. The molecule has 2 fully saturated rings. The van der Waals surface area contributed by atoms with Crippen LogP contribution in [0.25, 0.3) is 0 Å². The van der Waals surface area contributed by atoms with E-state index in [0.717, 1.165) is 31.5 Å². The number of phenolic OH excluding ortho intramolecular Hbond substituents is 1. The molecule has 27 heavy (non-hydrogen) atoms. The van der Waals surface area contributed by atoms with Gasteiger partial charge in [-0.25, -0.2) is 0 Å². The number of piperidine rings is 2. The summed E-state index contributed by atoms with van der Waals surface area (Å²) in [5.74, 6) is 0.465. The molecule has 1 amide bonds. The molecular formula is C22H33BrN2O2. The van der Waals surface area contributed by atoms with Crippen molar-refractivity contribution in [3.63, 3.8) is 0 Å². The molecular weight excluding hydrogens is 404 g/mol. The zero-order valence-electron chi connectivity index (χ0n) is 16.9. The van der Waals surface area contributed by atoms with Crippen molar-refractivity contribution in [1.82, 2.24) is 9.80 Å². The highest BCUT2D eigenvalue weighted by Crippen LogP contribution is 2.32. The fourth-order valence-electron chi connectivity index (χ4n) is 4.38. The summed E-state index contributed by atoms with van der Waals surface area (Å²) in [5.41, 5.74) is 1.57. The van der Waals surface area contributed by atoms with Crippen LogP contribution in [0.3, 0.4) is 0 Å². The van der Waals surface area contributed by atoms with E-state index in [-0.39, 0.29) is 17.6 Å². The van der Waals surface area contributed by atoms with Crippen LogP contribution in [0.15, 0.2) is 22.7 Å². The molecule has 150 valence electrons. The Morgan fingerprint density at radius 3 is 2.44 bits per heavy atom. The van der Waals surface area contributed by atoms with E-state index in [2.05, 4.69) is 39.6 Å². The smallest absolute Gasteiger partial charge is 0.225 e. The van der Waals surface area contributed by atoms with Crippen LogP contribution in [0, 0.1) is 11.3 Å². The molecule has 1 aromatic rings. The number of benzene rings is 1. The normalized spacial score (nSPS) is 22.6. The van der Waals surface area contributed by atoms with E-state index < -0.39 is 0 Å². The maximum Gasteiger partial charge on any atom is 0.225 e. The van der Waals surface area contributed by atoms with Crippen molar-refractivity contribution >= 4 is 21.8 Å². The number of hydrogen-bond acceptors (Lipinski definition) is 3. The molecule has 0 radical (unpaired) electrons. The molecule has 0 saturated carbocycles. The van der Waals surface area contributed by atoms with Gasteiger partial charge in [-0.05, 0) is 84.2 Å². The third kappa shape index (κ3) is 5.26. The first-order valence-corrected chi connectivity index (χ1v) is 11.0. The Hall–Kier alpha value is -1.07. The largest absolute Gasteiger partial charge is 0.507 e. The van der Waals surface area contributed by atoms with Crippen molar-refractivity contribution in [3.05, 3.63) is 28.2 Å². The van der Waals surface area contributed by atoms with Gasteiger partial charge in [0.15, 0.2) is 0 Å². The minimum atomic E-state index is -0.0335. The Balaban J connectivity index is 1.48. The van der Waals surface area contributed by atoms with Crippen molar-refractivity contribution < 1.29 is 9.90 Å². The number of halogens is 1. The van der Waals surface area contributed by atoms with Crippen LogP contribution in [0.4, 0.5) is 0 Å². The molecule has 5 heteroatoms. The van der Waals surface area contributed by atoms with Gasteiger partial charge in [0.05, 0.1) is 4.47 Å². The molecule has 0 unspecified atom stereocenters. The minimum absolute atomic E-state index is 0.0335. The van der Waals surface area contributed by atoms with Crippen LogP contribution >= 0.6 is 15.9 Å². The number of carbonyl (C=O) groups excluding carboxylic acids is 1. The highest BCUT2D eigenvalue weighted by atomic mass is 79.9. The highest BCUT2D eigenvalue weighted by molar-refractivity contribution is 9.10. The van der Waals surface area contributed by atoms with Gasteiger partial charge in [0.25, 0.3) is 0 Å². The number of carbonyl (C=O) groups is 1. The van der Waals surface area contributed by atoms with Crippen LogP contribution in [0.2, 0.25) is 0 Å². The zero-order chi connectivity index (χ0) is 19.6. The molecule has 4 nitrogen and oxygen atoms in total. The van der Waals surface area contributed by atoms with Crippen LogP contribution in [0.5, 0.6) is 5.75 Å². The molecule has 2 heterocycles. The van der Waals surface area contributed by atoms with Crippen LogP contribution < -0.4 is 0 Å². The predicted octanol–water partition coefficient (Wildman–Crippen LogP) is 4.45. The van der Waals surface area contributed by atoms with Gasteiger partial charge in [-0.1, -0.05) is 26.8 Å². The number of nitrogens with zero attached hydrogens (tertiary/aromatic N) is 2. The third-order valence-electron chi connectivity index (χ3n) is 6.42. The number of likely N-dealkylation sites (tertiary alicyclic amines) is 2. The van der Waals surface area contributed by atoms with Gasteiger partial charge in [-0.2, -0.15) is 0 Å². The lowest BCUT2D eigenvalue weighted by atomic mass is 9.82. The first kappa shape index (κ1) is 20.7. The van der Waals surface area contributed by atoms with Crippen molar-refractivity contribution in [3.8, 4) is 5.75 Å². The Labute approximate surface area is 172 Å². The van der Waals surface area contributed by atoms with E-state index in [1.807, 2.05) is 19.1 Å². The lowest BCUT2D eigenvalue weighted by Gasteiger charge is -2.44. The fourth-order valence-corrected chi connectivity index (χ4v) is 4.80. The number of aromatic hydroxyl groups is 1. The Morgan fingerprint density at radius 2 is 1.85 bits per heavy atom. The van der Waals surface area contributed by atoms with Gasteiger partial charge in [0.1, 0.15) is 5.75 Å². The number of hydrogen-bond donors (Lipinski definition) is 1. The van der Waals surface area contributed by atoms with Crippen LogP contribution in [-0.2, 0) is 11.2 Å². The summed E-state index contributed by atoms with van der Waals surface area (Å²) in [7, 11) is 0. The fraction of sp³-hybridized carbons (Fsp3) is 0.682. The first-order valence-electron chi connectivity index (χ1n) is 10.3. The molecule has 2 aliphatic rings. The molecule has 2 saturated heterocycles. The van der Waals surface area contributed by atoms with E-state index in [9.17, 15) is 9.90 Å². The standard InChI is InChI=1S/C22H33BrN2O2/c1-16(14-17-4-5-20(26)19(23)15-17)21(27)25-10-6-18(7-11-25)24-12-8-22(2,3)9-13-24/h4-5,15-16,18,26H,6-14H2,1-3H3/t16-/m1/s1. The summed E-state index contributed by atoms with van der Waals surface area (Å²) >= 11 is 3.35. The molecule has 0 bridgehead atoms. The maximum atomic E-state index is 12.9. The molecule has 3 rings (SSSR count). The van der Waals surface area contributed by atoms with E-state index >= 15 is 0 Å². The topological polar surface area (TPSA) is 43.8 Å². The highest BCUT2D eigenvalue weighted by Gasteiger charge is 2.32. The average molecular weight is 437 g/mol. The lowest BCUT2D eigenvalue weighted by molar-refractivity contribution is -0.136. The monoisotopic (exact) mass is 436 g/mol. The van der Waals surface area contributed by atoms with Crippen LogP contribution in [-0.4, -0.2) is 53.0 Å². The molecule has 0 aromatic heterocycles. The van der Waals surface area contributed by atoms with E-state index in [1.165, 1.54) is 25.9 Å². The molecule has 1 aromatic carbocycles. The summed E-state index contributed by atoms with van der Waals surface area (Å²) in [4.78, 5) is 17.6. The van der Waals surface area contributed by atoms with Gasteiger partial charge < -0.3 is 14.9 Å². The van der Waals surface area contributed by atoms with Crippen molar-refractivity contribution in [2.75, 3.05) is 26.2 Å². The molecule has 1 N–H and O–H groups in total. The second kappa shape index (κ2) is 8.52. The lowest BCUT2D eigenvalue weighted by Crippen LogP contribution is -2.50. The Morgan fingerprint density at radius 1 is 1.22 bits per heavy atom. The van der Waals surface area contributed by atoms with Gasteiger partial charge in [-0.3, -0.25) is 4.79 Å². The second-order valence-corrected chi connectivity index (χ2v) is 10.0. The average Bonchev–Trinajstić information content (AvgIpc) is 2.64. The number of rotatable bonds is 4. The first-order chi connectivity index (χ1) is 12.7. The molecule has 0 aliphatic carbocycles. The summed E-state index contributed by atoms with van der Waals surface area (Å²) in [5, 5.41) is 9.63. The molecule has 2 aliphatic heterocycles. The van der Waals surface area contributed by atoms with E-state index in [1.54, 1.807) is 6.07 Å². The summed E-state index contributed by atoms with van der Waals surface area (Å²) in [6, 6.07) is 6.13. The van der Waals surface area contributed by atoms with Gasteiger partial charge in [0, 0.05) is 25.0 Å². The summed E-state index contributed by atoms with van der Waals surface area (Å²) in [6.07, 6.45) is 5.48.